The molecule has 0 unspecified atom stereocenters. The molecule has 2 aromatic carbocycles. The van der Waals surface area contributed by atoms with E-state index in [9.17, 15) is 9.59 Å². The van der Waals surface area contributed by atoms with Crippen LogP contribution in [0.15, 0.2) is 65.3 Å². The predicted octanol–water partition coefficient (Wildman–Crippen LogP) is 5.24. The van der Waals surface area contributed by atoms with Crippen LogP contribution in [0.5, 0.6) is 17.2 Å². The van der Waals surface area contributed by atoms with E-state index in [2.05, 4.69) is 19.2 Å². The lowest BCUT2D eigenvalue weighted by molar-refractivity contribution is -0.126. The summed E-state index contributed by atoms with van der Waals surface area (Å²) in [6, 6.07) is 14.8. The van der Waals surface area contributed by atoms with Crippen molar-refractivity contribution in [2.24, 2.45) is 5.92 Å². The number of methoxy groups -OCH3 is 2. The maximum Gasteiger partial charge on any atom is 0.255 e. The summed E-state index contributed by atoms with van der Waals surface area (Å²) >= 11 is 0. The van der Waals surface area contributed by atoms with Crippen molar-refractivity contribution in [1.29, 1.82) is 0 Å². The summed E-state index contributed by atoms with van der Waals surface area (Å²) in [5.74, 6) is 1.97. The average molecular weight is 509 g/mol. The Morgan fingerprint density at radius 1 is 1.00 bits per heavy atom. The first-order valence-corrected chi connectivity index (χ1v) is 12.4. The van der Waals surface area contributed by atoms with Crippen molar-refractivity contribution in [3.8, 4) is 17.2 Å². The summed E-state index contributed by atoms with van der Waals surface area (Å²) in [4.78, 5) is 29.2. The van der Waals surface area contributed by atoms with Gasteiger partial charge >= 0.3 is 0 Å². The first kappa shape index (κ1) is 27.6. The second kappa shape index (κ2) is 13.4. The minimum atomic E-state index is -0.909. The predicted molar refractivity (Wildman–Crippen MR) is 141 cm³/mol. The minimum Gasteiger partial charge on any atom is -0.494 e. The first-order chi connectivity index (χ1) is 17.9. The van der Waals surface area contributed by atoms with Crippen LogP contribution in [-0.4, -0.2) is 44.1 Å². The van der Waals surface area contributed by atoms with Gasteiger partial charge in [-0.25, -0.2) is 0 Å². The molecule has 0 aliphatic carbocycles. The molecule has 0 aliphatic heterocycles. The standard InChI is InChI=1S/C29H36N2O6/c1-6-36-23-12-9-21(10-13-23)27(28(32)30-16-15-20(2)3)31(19-24-8-7-17-37-24)29(33)22-11-14-25(34-4)26(18-22)35-5/h7-14,17-18,20,27H,6,15-16,19H2,1-5H3,(H,30,32)/t27-/m0/s1. The molecule has 0 bridgehead atoms. The number of carbonyl (C=O) groups excluding carboxylic acids is 2. The first-order valence-electron chi connectivity index (χ1n) is 12.4. The molecule has 8 heteroatoms. The highest BCUT2D eigenvalue weighted by molar-refractivity contribution is 5.98. The van der Waals surface area contributed by atoms with Crippen LogP contribution < -0.4 is 19.5 Å². The molecule has 1 heterocycles. The lowest BCUT2D eigenvalue weighted by atomic mass is 10.0. The van der Waals surface area contributed by atoms with Crippen LogP contribution in [0.25, 0.3) is 0 Å². The third kappa shape index (κ3) is 7.29. The number of nitrogens with one attached hydrogen (secondary N) is 1. The van der Waals surface area contributed by atoms with Crippen LogP contribution >= 0.6 is 0 Å². The number of rotatable bonds is 13. The summed E-state index contributed by atoms with van der Waals surface area (Å²) in [7, 11) is 3.05. The smallest absolute Gasteiger partial charge is 0.255 e. The monoisotopic (exact) mass is 508 g/mol. The number of hydrogen-bond acceptors (Lipinski definition) is 6. The van der Waals surface area contributed by atoms with Gasteiger partial charge in [0.1, 0.15) is 17.6 Å². The van der Waals surface area contributed by atoms with E-state index in [0.29, 0.717) is 53.2 Å². The van der Waals surface area contributed by atoms with Gasteiger partial charge in [-0.3, -0.25) is 9.59 Å². The molecular formula is C29H36N2O6. The number of nitrogens with zero attached hydrogens (tertiary/aromatic N) is 1. The second-order valence-corrected chi connectivity index (χ2v) is 8.96. The van der Waals surface area contributed by atoms with Gasteiger partial charge in [-0.2, -0.15) is 0 Å². The van der Waals surface area contributed by atoms with Crippen LogP contribution in [0, 0.1) is 5.92 Å². The van der Waals surface area contributed by atoms with Gasteiger partial charge in [-0.15, -0.1) is 0 Å². The van der Waals surface area contributed by atoms with E-state index >= 15 is 0 Å². The Morgan fingerprint density at radius 3 is 2.32 bits per heavy atom. The molecular weight excluding hydrogens is 472 g/mol. The Balaban J connectivity index is 2.05. The van der Waals surface area contributed by atoms with E-state index in [1.165, 1.54) is 19.1 Å². The van der Waals surface area contributed by atoms with Gasteiger partial charge in [0.2, 0.25) is 5.91 Å². The van der Waals surface area contributed by atoms with E-state index in [1.807, 2.05) is 19.1 Å². The molecule has 0 radical (unpaired) electrons. The van der Waals surface area contributed by atoms with E-state index in [4.69, 9.17) is 18.6 Å². The van der Waals surface area contributed by atoms with Crippen molar-refractivity contribution >= 4 is 11.8 Å². The highest BCUT2D eigenvalue weighted by atomic mass is 16.5. The topological polar surface area (TPSA) is 90.2 Å². The number of ether oxygens (including phenoxy) is 3. The fourth-order valence-electron chi connectivity index (χ4n) is 3.95. The molecule has 0 aliphatic rings. The van der Waals surface area contributed by atoms with Crippen molar-refractivity contribution in [2.45, 2.75) is 39.8 Å². The molecule has 8 nitrogen and oxygen atoms in total. The highest BCUT2D eigenvalue weighted by Crippen LogP contribution is 2.31. The van der Waals surface area contributed by atoms with Crippen molar-refractivity contribution in [2.75, 3.05) is 27.4 Å². The molecule has 0 spiro atoms. The molecule has 37 heavy (non-hydrogen) atoms. The van der Waals surface area contributed by atoms with Crippen molar-refractivity contribution in [3.05, 3.63) is 77.7 Å². The van der Waals surface area contributed by atoms with Crippen LogP contribution in [0.1, 0.15) is 54.9 Å². The van der Waals surface area contributed by atoms with Crippen LogP contribution in [0.3, 0.4) is 0 Å². The molecule has 198 valence electrons. The maximum atomic E-state index is 14.0. The van der Waals surface area contributed by atoms with E-state index in [0.717, 1.165) is 6.42 Å². The zero-order chi connectivity index (χ0) is 26.8. The Morgan fingerprint density at radius 2 is 1.73 bits per heavy atom. The number of amides is 2. The molecule has 3 aromatic rings. The molecule has 1 aromatic heterocycles. The summed E-state index contributed by atoms with van der Waals surface area (Å²) < 4.78 is 21.9. The third-order valence-electron chi connectivity index (χ3n) is 5.89. The SMILES string of the molecule is CCOc1ccc([C@@H](C(=O)NCCC(C)C)N(Cc2ccco2)C(=O)c2ccc(OC)c(OC)c2)cc1. The van der Waals surface area contributed by atoms with Gasteiger partial charge in [-0.05, 0) is 67.3 Å². The lowest BCUT2D eigenvalue weighted by Gasteiger charge is -2.31. The quantitative estimate of drug-likeness (QED) is 0.340. The normalized spacial score (nSPS) is 11.6. The number of furan rings is 1. The van der Waals surface area contributed by atoms with Crippen LogP contribution in [-0.2, 0) is 11.3 Å². The Kier molecular flexibility index (Phi) is 10.0. The van der Waals surface area contributed by atoms with Gasteiger partial charge in [-0.1, -0.05) is 26.0 Å². The Bertz CT molecular complexity index is 1140. The van der Waals surface area contributed by atoms with Gasteiger partial charge in [0, 0.05) is 12.1 Å². The Hall–Kier alpha value is -3.94. The maximum absolute atomic E-state index is 14.0. The summed E-state index contributed by atoms with van der Waals surface area (Å²) in [5.41, 5.74) is 1.01. The van der Waals surface area contributed by atoms with E-state index < -0.39 is 6.04 Å². The minimum absolute atomic E-state index is 0.0929. The molecule has 0 saturated heterocycles. The van der Waals surface area contributed by atoms with Gasteiger partial charge < -0.3 is 28.8 Å². The summed E-state index contributed by atoms with van der Waals surface area (Å²) in [6.45, 7) is 7.23. The third-order valence-corrected chi connectivity index (χ3v) is 5.89. The number of benzene rings is 2. The molecule has 2 amide bonds. The molecule has 3 rings (SSSR count). The van der Waals surface area contributed by atoms with Crippen molar-refractivity contribution in [1.82, 2.24) is 10.2 Å². The lowest BCUT2D eigenvalue weighted by Crippen LogP contribution is -2.43. The van der Waals surface area contributed by atoms with Crippen molar-refractivity contribution < 1.29 is 28.2 Å². The number of carbonyl (C=O) groups is 2. The second-order valence-electron chi connectivity index (χ2n) is 8.96. The molecule has 0 saturated carbocycles. The van der Waals surface area contributed by atoms with E-state index in [1.54, 1.807) is 48.7 Å². The largest absolute Gasteiger partial charge is 0.494 e. The zero-order valence-electron chi connectivity index (χ0n) is 22.2. The fourth-order valence-corrected chi connectivity index (χ4v) is 3.95. The van der Waals surface area contributed by atoms with Gasteiger partial charge in [0.15, 0.2) is 11.5 Å². The summed E-state index contributed by atoms with van der Waals surface area (Å²) in [6.07, 6.45) is 2.37. The van der Waals surface area contributed by atoms with Crippen LogP contribution in [0.4, 0.5) is 0 Å². The zero-order valence-corrected chi connectivity index (χ0v) is 22.2. The number of hydrogen-bond donors (Lipinski definition) is 1. The van der Waals surface area contributed by atoms with Gasteiger partial charge in [0.05, 0.1) is 33.6 Å². The average Bonchev–Trinajstić information content (AvgIpc) is 3.41. The van der Waals surface area contributed by atoms with Crippen LogP contribution in [0.2, 0.25) is 0 Å². The van der Waals surface area contributed by atoms with E-state index in [-0.39, 0.29) is 18.4 Å². The molecule has 0 fully saturated rings. The Labute approximate surface area is 218 Å². The van der Waals surface area contributed by atoms with Crippen molar-refractivity contribution in [3.63, 3.8) is 0 Å². The summed E-state index contributed by atoms with van der Waals surface area (Å²) in [5, 5.41) is 3.02. The highest BCUT2D eigenvalue weighted by Gasteiger charge is 2.33. The molecule has 1 atom stereocenters. The fraction of sp³-hybridized carbons (Fsp3) is 0.379. The molecule has 1 N–H and O–H groups in total. The van der Waals surface area contributed by atoms with Gasteiger partial charge in [0.25, 0.3) is 5.91 Å².